The molecule has 3 aromatic rings. The second-order valence-electron chi connectivity index (χ2n) is 9.15. The fourth-order valence-corrected chi connectivity index (χ4v) is 3.42. The van der Waals surface area contributed by atoms with Crippen molar-refractivity contribution in [3.8, 4) is 16.9 Å². The number of hydrogen-bond donors (Lipinski definition) is 1. The van der Waals surface area contributed by atoms with Crippen molar-refractivity contribution in [3.05, 3.63) is 89.2 Å². The van der Waals surface area contributed by atoms with Gasteiger partial charge in [-0.25, -0.2) is 4.39 Å². The number of aliphatic carboxylic acids is 1. The Hall–Kier alpha value is -3.14. The molecule has 1 N–H and O–H groups in total. The molecule has 0 saturated heterocycles. The molecule has 0 spiro atoms. The fourth-order valence-electron chi connectivity index (χ4n) is 3.42. The molecule has 0 aliphatic carbocycles. The number of carbonyl (C=O) groups is 1. The number of hydrogen-bond acceptors (Lipinski definition) is 2. The van der Waals surface area contributed by atoms with E-state index in [1.165, 1.54) is 12.5 Å². The number of carboxylic acids is 1. The monoisotopic (exact) mass is 450 g/mol. The number of carboxylic acid groups (broad SMARTS) is 1. The lowest BCUT2D eigenvalue weighted by Gasteiger charge is -2.24. The van der Waals surface area contributed by atoms with Crippen LogP contribution in [0.2, 0.25) is 0 Å². The molecule has 0 saturated carbocycles. The van der Waals surface area contributed by atoms with Gasteiger partial charge in [0, 0.05) is 12.0 Å². The van der Waals surface area contributed by atoms with Gasteiger partial charge in [0.25, 0.3) is 0 Å². The van der Waals surface area contributed by atoms with Crippen LogP contribution in [-0.4, -0.2) is 11.1 Å². The molecule has 0 heterocycles. The van der Waals surface area contributed by atoms with Crippen LogP contribution in [0.5, 0.6) is 5.75 Å². The normalized spacial score (nSPS) is 10.8. The molecule has 0 amide bonds. The molecule has 4 heteroatoms. The lowest BCUT2D eigenvalue weighted by molar-refractivity contribution is -0.136. The minimum absolute atomic E-state index is 0.0932. The maximum absolute atomic E-state index is 14.4. The topological polar surface area (TPSA) is 46.5 Å². The molecule has 0 radical (unpaired) electrons. The number of rotatable bonds is 7. The predicted octanol–water partition coefficient (Wildman–Crippen LogP) is 7.80. The van der Waals surface area contributed by atoms with Crippen LogP contribution in [0, 0.1) is 5.82 Å². The minimum atomic E-state index is -0.814. The van der Waals surface area contributed by atoms with E-state index in [9.17, 15) is 9.18 Å². The van der Waals surface area contributed by atoms with Crippen molar-refractivity contribution >= 4 is 5.97 Å². The summed E-state index contributed by atoms with van der Waals surface area (Å²) in [5.41, 5.74) is 4.31. The Morgan fingerprint density at radius 2 is 1.61 bits per heavy atom. The summed E-state index contributed by atoms with van der Waals surface area (Å²) < 4.78 is 20.4. The summed E-state index contributed by atoms with van der Waals surface area (Å²) in [4.78, 5) is 10.8. The Bertz CT molecular complexity index is 1050. The first-order valence-electron chi connectivity index (χ1n) is 11.5. The van der Waals surface area contributed by atoms with Gasteiger partial charge in [-0.15, -0.1) is 0 Å². The summed E-state index contributed by atoms with van der Waals surface area (Å²) in [5.74, 6) is -0.343. The summed E-state index contributed by atoms with van der Waals surface area (Å²) in [6.07, 6.45) is 1.81. The van der Waals surface area contributed by atoms with Crippen molar-refractivity contribution in [2.75, 3.05) is 0 Å². The molecule has 176 valence electrons. The number of halogens is 1. The lowest BCUT2D eigenvalue weighted by atomic mass is 9.81. The van der Waals surface area contributed by atoms with E-state index in [2.05, 4.69) is 40.7 Å². The molecule has 3 aromatic carbocycles. The van der Waals surface area contributed by atoms with Gasteiger partial charge in [-0.1, -0.05) is 89.6 Å². The first kappa shape index (κ1) is 26.1. The van der Waals surface area contributed by atoms with Gasteiger partial charge in [-0.2, -0.15) is 0 Å². The average molecular weight is 451 g/mol. The highest BCUT2D eigenvalue weighted by Gasteiger charge is 2.21. The second-order valence-corrected chi connectivity index (χ2v) is 9.15. The van der Waals surface area contributed by atoms with Gasteiger partial charge in [0.1, 0.15) is 18.2 Å². The highest BCUT2D eigenvalue weighted by atomic mass is 19.1. The van der Waals surface area contributed by atoms with E-state index < -0.39 is 5.97 Å². The Balaban J connectivity index is 0.00000122. The van der Waals surface area contributed by atoms with E-state index in [1.54, 1.807) is 12.1 Å². The van der Waals surface area contributed by atoms with Gasteiger partial charge in [0.2, 0.25) is 0 Å². The lowest BCUT2D eigenvalue weighted by Crippen LogP contribution is -2.14. The van der Waals surface area contributed by atoms with Gasteiger partial charge in [0.05, 0.1) is 0 Å². The molecule has 0 aliphatic rings. The van der Waals surface area contributed by atoms with Crippen molar-refractivity contribution in [3.63, 3.8) is 0 Å². The number of ether oxygens (including phenoxy) is 1. The first-order valence-corrected chi connectivity index (χ1v) is 11.5. The molecular weight excluding hydrogens is 415 g/mol. The molecule has 0 aliphatic heterocycles. The van der Waals surface area contributed by atoms with Crippen LogP contribution in [0.4, 0.5) is 4.39 Å². The molecule has 0 fully saturated rings. The van der Waals surface area contributed by atoms with Crippen LogP contribution in [0.15, 0.2) is 66.7 Å². The molecule has 0 aromatic heterocycles. The Kier molecular flexibility index (Phi) is 9.65. The zero-order valence-corrected chi connectivity index (χ0v) is 20.3. The first-order chi connectivity index (χ1) is 15.7. The third kappa shape index (κ3) is 8.05. The van der Waals surface area contributed by atoms with Crippen molar-refractivity contribution in [2.45, 2.75) is 65.9 Å². The number of aryl methyl sites for hydroxylation is 1. The summed E-state index contributed by atoms with van der Waals surface area (Å²) in [6.45, 7) is 11.0. The average Bonchev–Trinajstić information content (AvgIpc) is 2.77. The van der Waals surface area contributed by atoms with Crippen LogP contribution in [0.3, 0.4) is 0 Å². The zero-order chi connectivity index (χ0) is 24.4. The largest absolute Gasteiger partial charge is 0.489 e. The molecule has 33 heavy (non-hydrogen) atoms. The van der Waals surface area contributed by atoms with Crippen molar-refractivity contribution < 1.29 is 19.0 Å². The van der Waals surface area contributed by atoms with Crippen LogP contribution in [-0.2, 0) is 23.2 Å². The van der Waals surface area contributed by atoms with Crippen molar-refractivity contribution in [2.24, 2.45) is 0 Å². The zero-order valence-electron chi connectivity index (χ0n) is 20.3. The molecule has 3 rings (SSSR count). The highest BCUT2D eigenvalue weighted by molar-refractivity contribution is 5.70. The summed E-state index contributed by atoms with van der Waals surface area (Å²) in [7, 11) is 0. The van der Waals surface area contributed by atoms with Gasteiger partial charge in [-0.05, 0) is 52.3 Å². The molecule has 3 nitrogen and oxygen atoms in total. The maximum atomic E-state index is 14.4. The summed E-state index contributed by atoms with van der Waals surface area (Å²) >= 11 is 0. The third-order valence-electron chi connectivity index (χ3n) is 4.99. The Labute approximate surface area is 197 Å². The SMILES string of the molecule is CC(C)(C)c1cc(COc2cccc(CCC(=O)O)c2)ccc1-c1ccccc1F.CCC. The Morgan fingerprint density at radius 3 is 2.24 bits per heavy atom. The standard InChI is InChI=1S/C26H27FO3.C3H8/c1-26(2,3)23-16-19(11-13-21(23)22-9-4-5-10-24(22)27)17-30-20-8-6-7-18(15-20)12-14-25(28)29;1-3-2/h4-11,13,15-16H,12,14,17H2,1-3H3,(H,28,29);3H2,1-2H3. The smallest absolute Gasteiger partial charge is 0.303 e. The minimum Gasteiger partial charge on any atom is -0.489 e. The van der Waals surface area contributed by atoms with Gasteiger partial charge in [0.15, 0.2) is 0 Å². The quantitative estimate of drug-likeness (QED) is 0.399. The number of benzene rings is 3. The third-order valence-corrected chi connectivity index (χ3v) is 4.99. The highest BCUT2D eigenvalue weighted by Crippen LogP contribution is 2.35. The second kappa shape index (κ2) is 12.2. The van der Waals surface area contributed by atoms with E-state index in [0.29, 0.717) is 24.3 Å². The van der Waals surface area contributed by atoms with Gasteiger partial charge < -0.3 is 9.84 Å². The molecule has 0 atom stereocenters. The molecule has 0 unspecified atom stereocenters. The molecular formula is C29H35FO3. The van der Waals surface area contributed by atoms with E-state index in [4.69, 9.17) is 9.84 Å². The van der Waals surface area contributed by atoms with E-state index in [1.807, 2.05) is 42.5 Å². The van der Waals surface area contributed by atoms with Crippen molar-refractivity contribution in [1.29, 1.82) is 0 Å². The van der Waals surface area contributed by atoms with Crippen molar-refractivity contribution in [1.82, 2.24) is 0 Å². The van der Waals surface area contributed by atoms with E-state index in [-0.39, 0.29) is 17.7 Å². The van der Waals surface area contributed by atoms with Crippen LogP contribution in [0.25, 0.3) is 11.1 Å². The van der Waals surface area contributed by atoms with Crippen LogP contribution in [0.1, 0.15) is 64.2 Å². The van der Waals surface area contributed by atoms with Gasteiger partial charge >= 0.3 is 5.97 Å². The Morgan fingerprint density at radius 1 is 0.909 bits per heavy atom. The fraction of sp³-hybridized carbons (Fsp3) is 0.345. The predicted molar refractivity (Wildman–Crippen MR) is 133 cm³/mol. The molecule has 0 bridgehead atoms. The maximum Gasteiger partial charge on any atom is 0.303 e. The summed E-state index contributed by atoms with van der Waals surface area (Å²) in [6, 6.07) is 20.3. The summed E-state index contributed by atoms with van der Waals surface area (Å²) in [5, 5.41) is 8.85. The van der Waals surface area contributed by atoms with E-state index >= 15 is 0 Å². The van der Waals surface area contributed by atoms with Crippen LogP contribution < -0.4 is 4.74 Å². The van der Waals surface area contributed by atoms with Crippen LogP contribution >= 0.6 is 0 Å². The van der Waals surface area contributed by atoms with E-state index in [0.717, 1.165) is 22.3 Å². The van der Waals surface area contributed by atoms with Gasteiger partial charge in [-0.3, -0.25) is 4.79 Å².